The number of rotatable bonds is 3. The average molecular weight is 278 g/mol. The van der Waals surface area contributed by atoms with Crippen molar-refractivity contribution in [3.05, 3.63) is 24.3 Å². The number of carboxylic acid groups (broad SMARTS) is 1. The van der Waals surface area contributed by atoms with Crippen LogP contribution in [0, 0.1) is 0 Å². The van der Waals surface area contributed by atoms with Crippen molar-refractivity contribution < 1.29 is 14.6 Å². The summed E-state index contributed by atoms with van der Waals surface area (Å²) in [7, 11) is 0. The molecule has 2 heterocycles. The van der Waals surface area contributed by atoms with Crippen molar-refractivity contribution in [2.45, 2.75) is 12.5 Å². The number of hydrogen-bond donors (Lipinski definition) is 1. The largest absolute Gasteiger partial charge is 0.481 e. The first kappa shape index (κ1) is 12.4. The van der Waals surface area contributed by atoms with Crippen LogP contribution in [0.4, 0.5) is 5.13 Å². The van der Waals surface area contributed by atoms with Gasteiger partial charge in [-0.3, -0.25) is 4.79 Å². The molecule has 100 valence electrons. The molecule has 1 saturated heterocycles. The molecule has 1 atom stereocenters. The molecule has 1 fully saturated rings. The zero-order valence-corrected chi connectivity index (χ0v) is 11.1. The predicted molar refractivity (Wildman–Crippen MR) is 73.8 cm³/mol. The maximum Gasteiger partial charge on any atom is 0.305 e. The van der Waals surface area contributed by atoms with Gasteiger partial charge in [0.25, 0.3) is 0 Å². The van der Waals surface area contributed by atoms with Crippen molar-refractivity contribution in [1.29, 1.82) is 0 Å². The van der Waals surface area contributed by atoms with Crippen molar-refractivity contribution in [3.63, 3.8) is 0 Å². The fraction of sp³-hybridized carbons (Fsp3) is 0.385. The number of nitrogens with zero attached hydrogens (tertiary/aromatic N) is 2. The van der Waals surface area contributed by atoms with Crippen LogP contribution >= 0.6 is 11.3 Å². The Kier molecular flexibility index (Phi) is 3.35. The number of benzene rings is 1. The number of carbonyl (C=O) groups is 1. The highest BCUT2D eigenvalue weighted by Crippen LogP contribution is 2.31. The third-order valence-corrected chi connectivity index (χ3v) is 4.24. The maximum atomic E-state index is 10.9. The molecule has 1 aromatic heterocycles. The zero-order chi connectivity index (χ0) is 13.2. The first-order valence-corrected chi connectivity index (χ1v) is 6.97. The van der Waals surface area contributed by atoms with Gasteiger partial charge in [-0.15, -0.1) is 0 Å². The summed E-state index contributed by atoms with van der Waals surface area (Å²) in [6.45, 7) is 1.76. The number of anilines is 1. The van der Waals surface area contributed by atoms with Gasteiger partial charge in [0, 0.05) is 6.54 Å². The number of aromatic nitrogens is 1. The zero-order valence-electron chi connectivity index (χ0n) is 10.3. The van der Waals surface area contributed by atoms with Gasteiger partial charge in [-0.1, -0.05) is 23.5 Å². The van der Waals surface area contributed by atoms with Crippen molar-refractivity contribution >= 4 is 32.7 Å². The van der Waals surface area contributed by atoms with E-state index in [4.69, 9.17) is 9.84 Å². The first-order chi connectivity index (χ1) is 9.24. The molecule has 0 saturated carbocycles. The van der Waals surface area contributed by atoms with Crippen molar-refractivity contribution in [1.82, 2.24) is 4.98 Å². The number of morpholine rings is 1. The Morgan fingerprint density at radius 3 is 3.16 bits per heavy atom. The molecule has 0 amide bonds. The van der Waals surface area contributed by atoms with Crippen LogP contribution in [0.1, 0.15) is 6.42 Å². The van der Waals surface area contributed by atoms with E-state index >= 15 is 0 Å². The quantitative estimate of drug-likeness (QED) is 0.930. The standard InChI is InChI=1S/C13H14N2O3S/c16-12(17)7-9-8-18-6-5-15(9)13-14-10-3-1-2-4-11(10)19-13/h1-4,9H,5-8H2,(H,16,17). The van der Waals surface area contributed by atoms with Crippen LogP contribution in [-0.2, 0) is 9.53 Å². The average Bonchev–Trinajstić information content (AvgIpc) is 2.82. The van der Waals surface area contributed by atoms with Gasteiger partial charge in [-0.25, -0.2) is 4.98 Å². The lowest BCUT2D eigenvalue weighted by atomic mass is 10.2. The van der Waals surface area contributed by atoms with Crippen LogP contribution < -0.4 is 4.90 Å². The summed E-state index contributed by atoms with van der Waals surface area (Å²) < 4.78 is 6.50. The molecule has 0 bridgehead atoms. The number of para-hydroxylation sites is 1. The lowest BCUT2D eigenvalue weighted by Crippen LogP contribution is -2.46. The van der Waals surface area contributed by atoms with Crippen LogP contribution in [-0.4, -0.2) is 41.9 Å². The monoisotopic (exact) mass is 278 g/mol. The summed E-state index contributed by atoms with van der Waals surface area (Å²) in [5.41, 5.74) is 0.961. The summed E-state index contributed by atoms with van der Waals surface area (Å²) in [6.07, 6.45) is 0.0793. The molecule has 19 heavy (non-hydrogen) atoms. The molecule has 1 aliphatic heterocycles. The Hall–Kier alpha value is -1.66. The second kappa shape index (κ2) is 5.14. The van der Waals surface area contributed by atoms with Crippen LogP contribution in [0.3, 0.4) is 0 Å². The molecular formula is C13H14N2O3S. The van der Waals surface area contributed by atoms with Crippen LogP contribution in [0.25, 0.3) is 10.2 Å². The molecule has 1 unspecified atom stereocenters. The van der Waals surface area contributed by atoms with Gasteiger partial charge in [0.1, 0.15) is 0 Å². The van der Waals surface area contributed by atoms with E-state index < -0.39 is 5.97 Å². The van der Waals surface area contributed by atoms with Gasteiger partial charge in [-0.05, 0) is 12.1 Å². The Balaban J connectivity index is 1.91. The number of ether oxygens (including phenoxy) is 1. The minimum absolute atomic E-state index is 0.0793. The van der Waals surface area contributed by atoms with E-state index in [2.05, 4.69) is 9.88 Å². The molecule has 2 aromatic rings. The lowest BCUT2D eigenvalue weighted by molar-refractivity contribution is -0.138. The summed E-state index contributed by atoms with van der Waals surface area (Å²) in [5.74, 6) is -0.804. The molecule has 5 nitrogen and oxygen atoms in total. The number of thiazole rings is 1. The number of aliphatic carboxylic acids is 1. The Morgan fingerprint density at radius 2 is 2.37 bits per heavy atom. The van der Waals surface area contributed by atoms with Crippen molar-refractivity contribution in [2.24, 2.45) is 0 Å². The van der Waals surface area contributed by atoms with Gasteiger partial charge >= 0.3 is 5.97 Å². The molecule has 0 aliphatic carbocycles. The second-order valence-corrected chi connectivity index (χ2v) is 5.49. The highest BCUT2D eigenvalue weighted by Gasteiger charge is 2.27. The Morgan fingerprint density at radius 1 is 1.53 bits per heavy atom. The third-order valence-electron chi connectivity index (χ3n) is 3.17. The molecule has 6 heteroatoms. The number of hydrogen-bond acceptors (Lipinski definition) is 5. The maximum absolute atomic E-state index is 10.9. The SMILES string of the molecule is O=C(O)CC1COCCN1c1nc2ccccc2s1. The Bertz CT molecular complexity index is 565. The fourth-order valence-corrected chi connectivity index (χ4v) is 3.32. The highest BCUT2D eigenvalue weighted by atomic mass is 32.1. The van der Waals surface area contributed by atoms with E-state index in [0.717, 1.165) is 15.3 Å². The van der Waals surface area contributed by atoms with E-state index in [-0.39, 0.29) is 12.5 Å². The van der Waals surface area contributed by atoms with Gasteiger partial charge in [-0.2, -0.15) is 0 Å². The van der Waals surface area contributed by atoms with E-state index in [1.54, 1.807) is 11.3 Å². The second-order valence-electron chi connectivity index (χ2n) is 4.48. The molecular weight excluding hydrogens is 264 g/mol. The molecule has 1 N–H and O–H groups in total. The van der Waals surface area contributed by atoms with E-state index in [1.807, 2.05) is 24.3 Å². The Labute approximate surface area is 114 Å². The summed E-state index contributed by atoms with van der Waals surface area (Å²) in [4.78, 5) is 17.6. The van der Waals surface area contributed by atoms with E-state index in [1.165, 1.54) is 0 Å². The van der Waals surface area contributed by atoms with Gasteiger partial charge in [0.05, 0.1) is 35.9 Å². The van der Waals surface area contributed by atoms with Crippen LogP contribution in [0.5, 0.6) is 0 Å². The number of fused-ring (bicyclic) bond motifs is 1. The smallest absolute Gasteiger partial charge is 0.305 e. The summed E-state index contributed by atoms with van der Waals surface area (Å²) in [5, 5.41) is 9.86. The third kappa shape index (κ3) is 2.54. The minimum Gasteiger partial charge on any atom is -0.481 e. The predicted octanol–water partition coefficient (Wildman–Crippen LogP) is 1.98. The normalized spacial score (nSPS) is 19.8. The molecule has 3 rings (SSSR count). The molecule has 0 radical (unpaired) electrons. The molecule has 1 aliphatic rings. The van der Waals surface area contributed by atoms with Gasteiger partial charge < -0.3 is 14.7 Å². The van der Waals surface area contributed by atoms with Crippen molar-refractivity contribution in [2.75, 3.05) is 24.7 Å². The van der Waals surface area contributed by atoms with Gasteiger partial charge in [0.15, 0.2) is 5.13 Å². The van der Waals surface area contributed by atoms with Crippen molar-refractivity contribution in [3.8, 4) is 0 Å². The van der Waals surface area contributed by atoms with Gasteiger partial charge in [0.2, 0.25) is 0 Å². The topological polar surface area (TPSA) is 62.7 Å². The van der Waals surface area contributed by atoms with E-state index in [9.17, 15) is 4.79 Å². The lowest BCUT2D eigenvalue weighted by Gasteiger charge is -2.34. The highest BCUT2D eigenvalue weighted by molar-refractivity contribution is 7.22. The summed E-state index contributed by atoms with van der Waals surface area (Å²) >= 11 is 1.60. The van der Waals surface area contributed by atoms with Crippen LogP contribution in [0.2, 0.25) is 0 Å². The minimum atomic E-state index is -0.804. The molecule has 0 spiro atoms. The summed E-state index contributed by atoms with van der Waals surface area (Å²) in [6, 6.07) is 7.82. The first-order valence-electron chi connectivity index (χ1n) is 6.16. The molecule has 1 aromatic carbocycles. The van der Waals surface area contributed by atoms with E-state index in [0.29, 0.717) is 19.8 Å². The fourth-order valence-electron chi connectivity index (χ4n) is 2.26. The number of carboxylic acids is 1. The van der Waals surface area contributed by atoms with Crippen LogP contribution in [0.15, 0.2) is 24.3 Å².